The number of hydrogen-bond acceptors (Lipinski definition) is 2. The molecule has 3 heteroatoms. The Labute approximate surface area is 106 Å². The van der Waals surface area contributed by atoms with Gasteiger partial charge in [-0.1, -0.05) is 48.5 Å². The summed E-state index contributed by atoms with van der Waals surface area (Å²) in [7, 11) is 0. The number of rotatable bonds is 3. The molecule has 0 aliphatic rings. The lowest BCUT2D eigenvalue weighted by Crippen LogP contribution is -2.19. The van der Waals surface area contributed by atoms with E-state index in [9.17, 15) is 4.79 Å². The fraction of sp³-hybridized carbons (Fsp3) is 0.0667. The van der Waals surface area contributed by atoms with Crippen LogP contribution in [0.2, 0.25) is 0 Å². The zero-order valence-electron chi connectivity index (χ0n) is 9.71. The predicted octanol–water partition coefficient (Wildman–Crippen LogP) is 2.93. The number of hydrogen-bond donors (Lipinski definition) is 1. The molecule has 0 saturated carbocycles. The third-order valence-corrected chi connectivity index (χ3v) is 2.57. The van der Waals surface area contributed by atoms with Crippen LogP contribution in [0.15, 0.2) is 60.7 Å². The van der Waals surface area contributed by atoms with Gasteiger partial charge in [-0.3, -0.25) is 4.79 Å². The number of anilines is 1. The van der Waals surface area contributed by atoms with Gasteiger partial charge in [-0.15, -0.1) is 0 Å². The Kier molecular flexibility index (Phi) is 3.72. The van der Waals surface area contributed by atoms with Crippen molar-refractivity contribution in [1.29, 1.82) is 5.26 Å². The minimum atomic E-state index is -0.786. The molecule has 0 aliphatic carbocycles. The second-order valence-corrected chi connectivity index (χ2v) is 3.83. The average Bonchev–Trinajstić information content (AvgIpc) is 2.42. The fourth-order valence-electron chi connectivity index (χ4n) is 1.67. The van der Waals surface area contributed by atoms with Crippen LogP contribution >= 0.6 is 0 Å². The van der Waals surface area contributed by atoms with Crippen molar-refractivity contribution in [3.8, 4) is 6.07 Å². The van der Waals surface area contributed by atoms with Gasteiger partial charge in [0.1, 0.15) is 0 Å². The molecule has 0 aliphatic heterocycles. The molecule has 2 aromatic carbocycles. The van der Waals surface area contributed by atoms with Gasteiger partial charge in [0.05, 0.1) is 6.07 Å². The molecule has 2 rings (SSSR count). The maximum absolute atomic E-state index is 12.0. The van der Waals surface area contributed by atoms with E-state index in [0.717, 1.165) is 0 Å². The monoisotopic (exact) mass is 236 g/mol. The Morgan fingerprint density at radius 1 is 1.00 bits per heavy atom. The molecule has 0 aromatic heterocycles. The number of nitrogens with zero attached hydrogens (tertiary/aromatic N) is 1. The quantitative estimate of drug-likeness (QED) is 0.890. The Morgan fingerprint density at radius 3 is 2.11 bits per heavy atom. The van der Waals surface area contributed by atoms with Gasteiger partial charge in [0.15, 0.2) is 5.92 Å². The molecule has 1 atom stereocenters. The summed E-state index contributed by atoms with van der Waals surface area (Å²) in [6.07, 6.45) is 0. The van der Waals surface area contributed by atoms with Gasteiger partial charge in [0.2, 0.25) is 5.91 Å². The van der Waals surface area contributed by atoms with Crippen molar-refractivity contribution >= 4 is 11.6 Å². The lowest BCUT2D eigenvalue weighted by Gasteiger charge is -2.10. The van der Waals surface area contributed by atoms with Crippen LogP contribution in [-0.2, 0) is 4.79 Å². The summed E-state index contributed by atoms with van der Waals surface area (Å²) in [6, 6.07) is 20.2. The lowest BCUT2D eigenvalue weighted by molar-refractivity contribution is -0.116. The first-order valence-corrected chi connectivity index (χ1v) is 5.62. The molecule has 18 heavy (non-hydrogen) atoms. The van der Waals surface area contributed by atoms with Crippen molar-refractivity contribution in [3.63, 3.8) is 0 Å². The molecular formula is C15H12N2O. The molecule has 0 spiro atoms. The molecule has 0 radical (unpaired) electrons. The molecule has 0 heterocycles. The van der Waals surface area contributed by atoms with Crippen molar-refractivity contribution < 1.29 is 4.79 Å². The Bertz CT molecular complexity index is 558. The van der Waals surface area contributed by atoms with Gasteiger partial charge >= 0.3 is 0 Å². The average molecular weight is 236 g/mol. The summed E-state index contributed by atoms with van der Waals surface area (Å²) in [6.45, 7) is 0. The summed E-state index contributed by atoms with van der Waals surface area (Å²) in [4.78, 5) is 12.0. The van der Waals surface area contributed by atoms with Crippen LogP contribution in [0.3, 0.4) is 0 Å². The van der Waals surface area contributed by atoms with Crippen molar-refractivity contribution in [2.45, 2.75) is 5.92 Å². The SMILES string of the molecule is N#C[C@@H](C(=O)Nc1ccccc1)c1ccccc1. The van der Waals surface area contributed by atoms with Gasteiger partial charge in [-0.05, 0) is 17.7 Å². The Balaban J connectivity index is 2.15. The van der Waals surface area contributed by atoms with Crippen LogP contribution in [0.4, 0.5) is 5.69 Å². The van der Waals surface area contributed by atoms with Crippen LogP contribution < -0.4 is 5.32 Å². The number of carbonyl (C=O) groups excluding carboxylic acids is 1. The van der Waals surface area contributed by atoms with E-state index in [-0.39, 0.29) is 5.91 Å². The number of benzene rings is 2. The van der Waals surface area contributed by atoms with Crippen LogP contribution in [-0.4, -0.2) is 5.91 Å². The Morgan fingerprint density at radius 2 is 1.56 bits per heavy atom. The molecule has 1 amide bonds. The van der Waals surface area contributed by atoms with E-state index in [1.54, 1.807) is 24.3 Å². The topological polar surface area (TPSA) is 52.9 Å². The van der Waals surface area contributed by atoms with Gasteiger partial charge in [-0.25, -0.2) is 0 Å². The highest BCUT2D eigenvalue weighted by atomic mass is 16.1. The molecule has 0 fully saturated rings. The zero-order valence-corrected chi connectivity index (χ0v) is 9.71. The van der Waals surface area contributed by atoms with E-state index < -0.39 is 5.92 Å². The maximum Gasteiger partial charge on any atom is 0.246 e. The van der Waals surface area contributed by atoms with Gasteiger partial charge in [0.25, 0.3) is 0 Å². The lowest BCUT2D eigenvalue weighted by atomic mass is 10.00. The molecule has 88 valence electrons. The minimum Gasteiger partial charge on any atom is -0.325 e. The van der Waals surface area contributed by atoms with Crippen molar-refractivity contribution in [3.05, 3.63) is 66.2 Å². The number of nitrogens with one attached hydrogen (secondary N) is 1. The van der Waals surface area contributed by atoms with Crippen molar-refractivity contribution in [2.75, 3.05) is 5.32 Å². The minimum absolute atomic E-state index is 0.310. The number of carbonyl (C=O) groups is 1. The third kappa shape index (κ3) is 2.74. The molecular weight excluding hydrogens is 224 g/mol. The summed E-state index contributed by atoms with van der Waals surface area (Å²) >= 11 is 0. The van der Waals surface area contributed by atoms with Crippen LogP contribution in [0.25, 0.3) is 0 Å². The Hall–Kier alpha value is -2.60. The maximum atomic E-state index is 12.0. The number of para-hydroxylation sites is 1. The summed E-state index contributed by atoms with van der Waals surface area (Å²) in [5, 5.41) is 11.8. The summed E-state index contributed by atoms with van der Waals surface area (Å²) in [5.74, 6) is -1.10. The molecule has 3 nitrogen and oxygen atoms in total. The van der Waals surface area contributed by atoms with Crippen LogP contribution in [0, 0.1) is 11.3 Å². The summed E-state index contributed by atoms with van der Waals surface area (Å²) in [5.41, 5.74) is 1.40. The van der Waals surface area contributed by atoms with E-state index in [0.29, 0.717) is 11.3 Å². The molecule has 2 aromatic rings. The largest absolute Gasteiger partial charge is 0.325 e. The standard InChI is InChI=1S/C15H12N2O/c16-11-14(12-7-3-1-4-8-12)15(18)17-13-9-5-2-6-10-13/h1-10,14H,(H,17,18)/t14-/m1/s1. The zero-order chi connectivity index (χ0) is 12.8. The highest BCUT2D eigenvalue weighted by Gasteiger charge is 2.19. The van der Waals surface area contributed by atoms with Gasteiger partial charge in [-0.2, -0.15) is 5.26 Å². The highest BCUT2D eigenvalue weighted by Crippen LogP contribution is 2.17. The first-order chi connectivity index (χ1) is 8.81. The second-order valence-electron chi connectivity index (χ2n) is 3.83. The van der Waals surface area contributed by atoms with E-state index in [4.69, 9.17) is 5.26 Å². The number of amides is 1. The third-order valence-electron chi connectivity index (χ3n) is 2.57. The smallest absolute Gasteiger partial charge is 0.246 e. The molecule has 0 saturated heterocycles. The normalized spacial score (nSPS) is 11.3. The molecule has 0 unspecified atom stereocenters. The van der Waals surface area contributed by atoms with E-state index in [2.05, 4.69) is 5.32 Å². The van der Waals surface area contributed by atoms with E-state index in [1.807, 2.05) is 42.5 Å². The predicted molar refractivity (Wildman–Crippen MR) is 69.9 cm³/mol. The van der Waals surface area contributed by atoms with Gasteiger partial charge < -0.3 is 5.32 Å². The molecule has 0 bridgehead atoms. The van der Waals surface area contributed by atoms with Crippen LogP contribution in [0.5, 0.6) is 0 Å². The highest BCUT2D eigenvalue weighted by molar-refractivity contribution is 5.97. The first-order valence-electron chi connectivity index (χ1n) is 5.62. The van der Waals surface area contributed by atoms with Crippen molar-refractivity contribution in [1.82, 2.24) is 0 Å². The van der Waals surface area contributed by atoms with Crippen LogP contribution in [0.1, 0.15) is 11.5 Å². The van der Waals surface area contributed by atoms with E-state index >= 15 is 0 Å². The van der Waals surface area contributed by atoms with Gasteiger partial charge in [0, 0.05) is 5.69 Å². The fourth-order valence-corrected chi connectivity index (χ4v) is 1.67. The molecule has 1 N–H and O–H groups in total. The summed E-state index contributed by atoms with van der Waals surface area (Å²) < 4.78 is 0. The second kappa shape index (κ2) is 5.65. The first kappa shape index (κ1) is 11.9. The van der Waals surface area contributed by atoms with Crippen molar-refractivity contribution in [2.24, 2.45) is 0 Å². The van der Waals surface area contributed by atoms with E-state index in [1.165, 1.54) is 0 Å². The number of nitriles is 1.